The number of amides is 1. The van der Waals surface area contributed by atoms with Crippen LogP contribution in [0.3, 0.4) is 0 Å². The van der Waals surface area contributed by atoms with E-state index in [1.807, 2.05) is 41.6 Å². The lowest BCUT2D eigenvalue weighted by Gasteiger charge is -2.30. The first-order chi connectivity index (χ1) is 14.7. The fourth-order valence-electron chi connectivity index (χ4n) is 3.54. The first-order valence-corrected chi connectivity index (χ1v) is 11.2. The van der Waals surface area contributed by atoms with E-state index in [9.17, 15) is 4.79 Å². The average molecular weight is 428 g/mol. The lowest BCUT2D eigenvalue weighted by molar-refractivity contribution is -0.132. The third-order valence-electron chi connectivity index (χ3n) is 5.02. The fraction of sp³-hybridized carbons (Fsp3) is 0.409. The minimum Gasteiger partial charge on any atom is -0.490 e. The summed E-state index contributed by atoms with van der Waals surface area (Å²) < 4.78 is 17.1. The zero-order valence-corrected chi connectivity index (χ0v) is 18.0. The highest BCUT2D eigenvalue weighted by Gasteiger charge is 2.23. The predicted molar refractivity (Wildman–Crippen MR) is 114 cm³/mol. The number of benzene rings is 1. The molecule has 0 bridgehead atoms. The van der Waals surface area contributed by atoms with Crippen molar-refractivity contribution in [3.05, 3.63) is 46.0 Å². The average Bonchev–Trinajstić information content (AvgIpc) is 3.44. The van der Waals surface area contributed by atoms with E-state index in [4.69, 9.17) is 13.9 Å². The van der Waals surface area contributed by atoms with Crippen molar-refractivity contribution < 1.29 is 18.7 Å². The van der Waals surface area contributed by atoms with Gasteiger partial charge in [-0.2, -0.15) is 11.3 Å². The van der Waals surface area contributed by atoms with E-state index in [0.717, 1.165) is 29.0 Å². The SMILES string of the molecule is CCOc1cc2c(cc1OCC)CN(C(=O)CCc1nnc(-c3ccsc3)o1)CC2. The van der Waals surface area contributed by atoms with Crippen LogP contribution in [0.2, 0.25) is 0 Å². The van der Waals surface area contributed by atoms with E-state index >= 15 is 0 Å². The summed E-state index contributed by atoms with van der Waals surface area (Å²) in [5.41, 5.74) is 3.23. The molecule has 0 saturated carbocycles. The first-order valence-electron chi connectivity index (χ1n) is 10.2. The molecule has 0 N–H and O–H groups in total. The van der Waals surface area contributed by atoms with Crippen molar-refractivity contribution in [3.8, 4) is 23.0 Å². The van der Waals surface area contributed by atoms with Crippen molar-refractivity contribution in [1.29, 1.82) is 0 Å². The second-order valence-corrected chi connectivity index (χ2v) is 7.79. The van der Waals surface area contributed by atoms with E-state index in [0.29, 0.717) is 50.9 Å². The van der Waals surface area contributed by atoms with Crippen LogP contribution < -0.4 is 9.47 Å². The Morgan fingerprint density at radius 3 is 2.63 bits per heavy atom. The molecule has 0 unspecified atom stereocenters. The van der Waals surface area contributed by atoms with Gasteiger partial charge in [-0.1, -0.05) is 0 Å². The molecule has 2 aromatic heterocycles. The van der Waals surface area contributed by atoms with E-state index in [1.54, 1.807) is 11.3 Å². The maximum absolute atomic E-state index is 12.8. The van der Waals surface area contributed by atoms with Crippen LogP contribution in [0.25, 0.3) is 11.5 Å². The second-order valence-electron chi connectivity index (χ2n) is 7.01. The van der Waals surface area contributed by atoms with Crippen molar-refractivity contribution >= 4 is 17.2 Å². The Morgan fingerprint density at radius 1 is 1.17 bits per heavy atom. The standard InChI is InChI=1S/C22H25N3O4S/c1-3-27-18-11-15-7-9-25(13-17(15)12-19(18)28-4-2)21(26)6-5-20-23-24-22(29-20)16-8-10-30-14-16/h8,10-12,14H,3-7,9,13H2,1-2H3. The van der Waals surface area contributed by atoms with Crippen molar-refractivity contribution in [2.45, 2.75) is 39.7 Å². The quantitative estimate of drug-likeness (QED) is 0.538. The summed E-state index contributed by atoms with van der Waals surface area (Å²) in [4.78, 5) is 14.7. The van der Waals surface area contributed by atoms with E-state index in [1.165, 1.54) is 5.56 Å². The molecule has 158 valence electrons. The lowest BCUT2D eigenvalue weighted by atomic mass is 9.98. The summed E-state index contributed by atoms with van der Waals surface area (Å²) in [6.07, 6.45) is 1.58. The van der Waals surface area contributed by atoms with Crippen LogP contribution in [0.4, 0.5) is 0 Å². The summed E-state index contributed by atoms with van der Waals surface area (Å²) in [6, 6.07) is 6.00. The van der Waals surface area contributed by atoms with Crippen LogP contribution in [0.15, 0.2) is 33.4 Å². The Balaban J connectivity index is 1.39. The monoisotopic (exact) mass is 427 g/mol. The summed E-state index contributed by atoms with van der Waals surface area (Å²) in [5.74, 6) is 2.58. The molecule has 4 rings (SSSR count). The van der Waals surface area contributed by atoms with Crippen LogP contribution >= 0.6 is 11.3 Å². The van der Waals surface area contributed by atoms with Gasteiger partial charge in [0.15, 0.2) is 11.5 Å². The second kappa shape index (κ2) is 9.30. The number of aryl methyl sites for hydroxylation is 1. The number of nitrogens with zero attached hydrogens (tertiary/aromatic N) is 3. The zero-order chi connectivity index (χ0) is 20.9. The highest BCUT2D eigenvalue weighted by Crippen LogP contribution is 2.34. The molecule has 0 radical (unpaired) electrons. The molecule has 0 saturated heterocycles. The Morgan fingerprint density at radius 2 is 1.93 bits per heavy atom. The number of ether oxygens (including phenoxy) is 2. The molecule has 0 fully saturated rings. The summed E-state index contributed by atoms with van der Waals surface area (Å²) >= 11 is 1.58. The molecule has 3 heterocycles. The van der Waals surface area contributed by atoms with Gasteiger partial charge < -0.3 is 18.8 Å². The molecular weight excluding hydrogens is 402 g/mol. The third kappa shape index (κ3) is 4.48. The topological polar surface area (TPSA) is 77.7 Å². The lowest BCUT2D eigenvalue weighted by Crippen LogP contribution is -2.36. The molecule has 0 spiro atoms. The van der Waals surface area contributed by atoms with Gasteiger partial charge in [-0.25, -0.2) is 0 Å². The molecule has 1 aliphatic heterocycles. The number of thiophene rings is 1. The van der Waals surface area contributed by atoms with Gasteiger partial charge in [0.05, 0.1) is 13.2 Å². The molecule has 7 nitrogen and oxygen atoms in total. The van der Waals surface area contributed by atoms with Gasteiger partial charge in [0.2, 0.25) is 17.7 Å². The number of fused-ring (bicyclic) bond motifs is 1. The van der Waals surface area contributed by atoms with Gasteiger partial charge in [0.1, 0.15) is 0 Å². The maximum Gasteiger partial charge on any atom is 0.248 e. The van der Waals surface area contributed by atoms with Gasteiger partial charge in [-0.15, -0.1) is 10.2 Å². The molecular formula is C22H25N3O4S. The van der Waals surface area contributed by atoms with E-state index in [-0.39, 0.29) is 5.91 Å². The largest absolute Gasteiger partial charge is 0.490 e. The third-order valence-corrected chi connectivity index (χ3v) is 5.70. The van der Waals surface area contributed by atoms with Gasteiger partial charge in [-0.05, 0) is 55.0 Å². The molecule has 1 amide bonds. The molecule has 0 atom stereocenters. The number of carbonyl (C=O) groups excluding carboxylic acids is 1. The highest BCUT2D eigenvalue weighted by molar-refractivity contribution is 7.08. The highest BCUT2D eigenvalue weighted by atomic mass is 32.1. The van der Waals surface area contributed by atoms with Gasteiger partial charge >= 0.3 is 0 Å². The van der Waals surface area contributed by atoms with Crippen molar-refractivity contribution in [3.63, 3.8) is 0 Å². The minimum absolute atomic E-state index is 0.0859. The molecule has 30 heavy (non-hydrogen) atoms. The first kappa shape index (κ1) is 20.4. The normalized spacial score (nSPS) is 13.2. The summed E-state index contributed by atoms with van der Waals surface area (Å²) in [6.45, 7) is 6.33. The van der Waals surface area contributed by atoms with Crippen LogP contribution in [0.1, 0.15) is 37.3 Å². The molecule has 3 aromatic rings. The Labute approximate surface area is 179 Å². The fourth-order valence-corrected chi connectivity index (χ4v) is 4.17. The Hall–Kier alpha value is -2.87. The molecule has 8 heteroatoms. The molecule has 1 aliphatic rings. The number of aromatic nitrogens is 2. The van der Waals surface area contributed by atoms with Crippen LogP contribution in [0, 0.1) is 0 Å². The van der Waals surface area contributed by atoms with Crippen molar-refractivity contribution in [2.75, 3.05) is 19.8 Å². The number of hydrogen-bond acceptors (Lipinski definition) is 7. The number of hydrogen-bond donors (Lipinski definition) is 0. The zero-order valence-electron chi connectivity index (χ0n) is 17.2. The Kier molecular flexibility index (Phi) is 6.32. The minimum atomic E-state index is 0.0859. The number of carbonyl (C=O) groups is 1. The van der Waals surface area contributed by atoms with Crippen molar-refractivity contribution in [2.24, 2.45) is 0 Å². The van der Waals surface area contributed by atoms with Gasteiger partial charge in [-0.3, -0.25) is 4.79 Å². The predicted octanol–water partition coefficient (Wildman–Crippen LogP) is 4.11. The van der Waals surface area contributed by atoms with Crippen LogP contribution in [0.5, 0.6) is 11.5 Å². The van der Waals surface area contributed by atoms with Gasteiger partial charge in [0.25, 0.3) is 0 Å². The van der Waals surface area contributed by atoms with E-state index in [2.05, 4.69) is 16.3 Å². The van der Waals surface area contributed by atoms with E-state index < -0.39 is 0 Å². The van der Waals surface area contributed by atoms with Crippen molar-refractivity contribution in [1.82, 2.24) is 15.1 Å². The Bertz CT molecular complexity index is 1000. The molecule has 1 aromatic carbocycles. The summed E-state index contributed by atoms with van der Waals surface area (Å²) in [7, 11) is 0. The number of rotatable bonds is 8. The molecule has 0 aliphatic carbocycles. The van der Waals surface area contributed by atoms with Crippen LogP contribution in [-0.4, -0.2) is 40.8 Å². The smallest absolute Gasteiger partial charge is 0.248 e. The van der Waals surface area contributed by atoms with Gasteiger partial charge in [0, 0.05) is 36.9 Å². The maximum atomic E-state index is 12.8. The summed E-state index contributed by atoms with van der Waals surface area (Å²) in [5, 5.41) is 12.1. The van der Waals surface area contributed by atoms with Crippen LogP contribution in [-0.2, 0) is 24.2 Å².